The van der Waals surface area contributed by atoms with Crippen molar-refractivity contribution in [2.24, 2.45) is 0 Å². The first kappa shape index (κ1) is 1.81. The largest absolute Gasteiger partial charge is 0.246 e. The first-order chi connectivity index (χ1) is 6.25. The van der Waals surface area contributed by atoms with Gasteiger partial charge in [0.25, 0.3) is 0 Å². The SMILES string of the molecule is [2H]c1c(Br)nc(C([2H])([2H])[2H])c([2H])c1[2H]. The van der Waals surface area contributed by atoms with Gasteiger partial charge in [-0.25, -0.2) is 4.98 Å². The lowest BCUT2D eigenvalue weighted by molar-refractivity contribution is 1.17. The number of halogens is 1. The van der Waals surface area contributed by atoms with Crippen LogP contribution in [-0.4, -0.2) is 4.98 Å². The average molecular weight is 178 g/mol. The number of aryl methyl sites for hydroxylation is 1. The summed E-state index contributed by atoms with van der Waals surface area (Å²) < 4.78 is 43.1. The first-order valence-electron chi connectivity index (χ1n) is 4.89. The normalized spacial score (nSPS) is 21.6. The minimum atomic E-state index is -2.52. The molecule has 8 heavy (non-hydrogen) atoms. The van der Waals surface area contributed by atoms with E-state index in [0.717, 1.165) is 0 Å². The van der Waals surface area contributed by atoms with Crippen molar-refractivity contribution in [2.75, 3.05) is 0 Å². The highest BCUT2D eigenvalue weighted by atomic mass is 79.9. The van der Waals surface area contributed by atoms with Crippen molar-refractivity contribution in [3.63, 3.8) is 0 Å². The molecule has 0 bridgehead atoms. The lowest BCUT2D eigenvalue weighted by Gasteiger charge is -1.88. The molecular weight excluding hydrogens is 166 g/mol. The van der Waals surface area contributed by atoms with Gasteiger partial charge in [0.05, 0.1) is 4.11 Å². The van der Waals surface area contributed by atoms with Gasteiger partial charge in [-0.1, -0.05) is 6.04 Å². The molecule has 1 rings (SSSR count). The fourth-order valence-corrected chi connectivity index (χ4v) is 0.573. The molecule has 1 aromatic heterocycles. The van der Waals surface area contributed by atoms with Crippen LogP contribution < -0.4 is 0 Å². The van der Waals surface area contributed by atoms with E-state index in [2.05, 4.69) is 20.9 Å². The molecule has 0 amide bonds. The molecule has 0 aliphatic rings. The smallest absolute Gasteiger partial charge is 0.106 e. The van der Waals surface area contributed by atoms with E-state index in [1.807, 2.05) is 0 Å². The zero-order valence-corrected chi connectivity index (χ0v) is 5.41. The molecule has 0 saturated carbocycles. The summed E-state index contributed by atoms with van der Waals surface area (Å²) in [5.74, 6) is 0. The molecule has 42 valence electrons. The minimum Gasteiger partial charge on any atom is -0.246 e. The minimum absolute atomic E-state index is 0.0235. The highest BCUT2D eigenvalue weighted by molar-refractivity contribution is 9.10. The third-order valence-electron chi connectivity index (χ3n) is 0.557. The Labute approximate surface area is 65.3 Å². The number of aromatic nitrogens is 1. The van der Waals surface area contributed by atoms with Crippen LogP contribution in [0, 0.1) is 6.85 Å². The van der Waals surface area contributed by atoms with Gasteiger partial charge in [-0.05, 0) is 34.9 Å². The summed E-state index contributed by atoms with van der Waals surface area (Å²) >= 11 is 2.87. The lowest BCUT2D eigenvalue weighted by atomic mass is 10.4. The number of pyridine rings is 1. The monoisotopic (exact) mass is 177 g/mol. The van der Waals surface area contributed by atoms with E-state index in [1.54, 1.807) is 0 Å². The van der Waals surface area contributed by atoms with Crippen LogP contribution in [-0.2, 0) is 0 Å². The average Bonchev–Trinajstić information content (AvgIpc) is 2.06. The molecule has 0 spiro atoms. The number of hydrogen-bond donors (Lipinski definition) is 0. The van der Waals surface area contributed by atoms with E-state index in [1.165, 1.54) is 0 Å². The van der Waals surface area contributed by atoms with Crippen LogP contribution in [0.4, 0.5) is 0 Å². The predicted octanol–water partition coefficient (Wildman–Crippen LogP) is 2.15. The van der Waals surface area contributed by atoms with Crippen LogP contribution in [0.3, 0.4) is 0 Å². The summed E-state index contributed by atoms with van der Waals surface area (Å²) in [7, 11) is 0. The lowest BCUT2D eigenvalue weighted by Crippen LogP contribution is -1.77. The molecular formula is C6H6BrN. The van der Waals surface area contributed by atoms with E-state index in [4.69, 9.17) is 8.22 Å². The first-order valence-corrected chi connectivity index (χ1v) is 2.68. The Kier molecular flexibility index (Phi) is 0.511. The second-order valence-corrected chi connectivity index (χ2v) is 1.88. The number of hydrogen-bond acceptors (Lipinski definition) is 1. The molecule has 0 unspecified atom stereocenters. The van der Waals surface area contributed by atoms with Gasteiger partial charge in [0.1, 0.15) is 4.60 Å². The van der Waals surface area contributed by atoms with Gasteiger partial charge in [-0.2, -0.15) is 0 Å². The maximum atomic E-state index is 7.34. The summed E-state index contributed by atoms with van der Waals surface area (Å²) in [4.78, 5) is 3.56. The molecule has 0 radical (unpaired) electrons. The van der Waals surface area contributed by atoms with Crippen LogP contribution in [0.5, 0.6) is 0 Å². The molecule has 1 heterocycles. The molecule has 0 aliphatic carbocycles. The van der Waals surface area contributed by atoms with Gasteiger partial charge >= 0.3 is 0 Å². The maximum Gasteiger partial charge on any atom is 0.106 e. The summed E-state index contributed by atoms with van der Waals surface area (Å²) in [5.41, 5.74) is -0.453. The summed E-state index contributed by atoms with van der Waals surface area (Å²) in [6, 6.07) is -1.22. The molecule has 1 nitrogen and oxygen atoms in total. The summed E-state index contributed by atoms with van der Waals surface area (Å²) in [5, 5.41) is 0. The van der Waals surface area contributed by atoms with Crippen molar-refractivity contribution < 1.29 is 8.22 Å². The third-order valence-corrected chi connectivity index (χ3v) is 0.932. The van der Waals surface area contributed by atoms with E-state index in [0.29, 0.717) is 0 Å². The van der Waals surface area contributed by atoms with E-state index < -0.39 is 24.6 Å². The Morgan fingerprint density at radius 1 is 1.88 bits per heavy atom. The van der Waals surface area contributed by atoms with Gasteiger partial charge in [0, 0.05) is 9.81 Å². The van der Waals surface area contributed by atoms with Gasteiger partial charge in [-0.15, -0.1) is 0 Å². The van der Waals surface area contributed by atoms with Crippen molar-refractivity contribution in [3.8, 4) is 0 Å². The second kappa shape index (κ2) is 2.27. The Balaban J connectivity index is 3.49. The Morgan fingerprint density at radius 2 is 2.75 bits per heavy atom. The van der Waals surface area contributed by atoms with Gasteiger partial charge < -0.3 is 0 Å². The standard InChI is InChI=1S/C6H6BrN/c1-5-3-2-4-6(7)8-5/h2-4H,1H3/i1D3,2D,3D,4D. The molecule has 0 fully saturated rings. The fourth-order valence-electron chi connectivity index (χ4n) is 0.296. The quantitative estimate of drug-likeness (QED) is 0.554. The van der Waals surface area contributed by atoms with Crippen LogP contribution in [0.1, 0.15) is 13.9 Å². The Morgan fingerprint density at radius 3 is 3.50 bits per heavy atom. The Hall–Kier alpha value is -0.370. The van der Waals surface area contributed by atoms with Crippen LogP contribution in [0.15, 0.2) is 22.7 Å². The van der Waals surface area contributed by atoms with Crippen LogP contribution in [0.2, 0.25) is 0 Å². The Bertz CT molecular complexity index is 374. The highest BCUT2D eigenvalue weighted by Gasteiger charge is 1.83. The highest BCUT2D eigenvalue weighted by Crippen LogP contribution is 2.04. The van der Waals surface area contributed by atoms with Crippen molar-refractivity contribution in [1.82, 2.24) is 4.98 Å². The molecule has 0 saturated heterocycles. The maximum absolute atomic E-state index is 7.34. The van der Waals surface area contributed by atoms with Crippen molar-refractivity contribution >= 4 is 15.9 Å². The van der Waals surface area contributed by atoms with Crippen LogP contribution >= 0.6 is 15.9 Å². The molecule has 2 heteroatoms. The molecule has 0 atom stereocenters. The fraction of sp³-hybridized carbons (Fsp3) is 0.167. The van der Waals surface area contributed by atoms with Gasteiger partial charge in [-0.3, -0.25) is 0 Å². The van der Waals surface area contributed by atoms with E-state index in [-0.39, 0.29) is 10.6 Å². The molecule has 0 aliphatic heterocycles. The molecule has 0 aromatic carbocycles. The molecule has 0 N–H and O–H groups in total. The van der Waals surface area contributed by atoms with E-state index in [9.17, 15) is 0 Å². The zero-order chi connectivity index (χ0) is 11.1. The van der Waals surface area contributed by atoms with Crippen LogP contribution in [0.25, 0.3) is 0 Å². The van der Waals surface area contributed by atoms with E-state index >= 15 is 0 Å². The van der Waals surface area contributed by atoms with Gasteiger partial charge in [0.2, 0.25) is 0 Å². The third kappa shape index (κ3) is 1.30. The predicted molar refractivity (Wildman–Crippen MR) is 36.7 cm³/mol. The number of nitrogens with zero attached hydrogens (tertiary/aromatic N) is 1. The van der Waals surface area contributed by atoms with Gasteiger partial charge in [0.15, 0.2) is 0 Å². The summed E-state index contributed by atoms with van der Waals surface area (Å²) in [6.45, 7) is -2.52. The van der Waals surface area contributed by atoms with Crippen molar-refractivity contribution in [1.29, 1.82) is 0 Å². The van der Waals surface area contributed by atoms with Crippen molar-refractivity contribution in [2.45, 2.75) is 6.85 Å². The second-order valence-electron chi connectivity index (χ2n) is 1.13. The summed E-state index contributed by atoms with van der Waals surface area (Å²) in [6.07, 6.45) is 0. The number of rotatable bonds is 0. The zero-order valence-electron chi connectivity index (χ0n) is 9.83. The molecule has 1 aromatic rings. The van der Waals surface area contributed by atoms with Crippen molar-refractivity contribution in [3.05, 3.63) is 28.4 Å². The topological polar surface area (TPSA) is 12.9 Å².